The van der Waals surface area contributed by atoms with Gasteiger partial charge in [0.2, 0.25) is 0 Å². The molecule has 0 radical (unpaired) electrons. The Hall–Kier alpha value is -0.980. The molecule has 0 amide bonds. The molecule has 20 heavy (non-hydrogen) atoms. The van der Waals surface area contributed by atoms with Gasteiger partial charge in [0.15, 0.2) is 17.7 Å². The van der Waals surface area contributed by atoms with Gasteiger partial charge in [-0.2, -0.15) is 0 Å². The van der Waals surface area contributed by atoms with Gasteiger partial charge in [0.1, 0.15) is 0 Å². The van der Waals surface area contributed by atoms with Crippen LogP contribution in [0, 0.1) is 0 Å². The minimum Gasteiger partial charge on any atom is -0.352 e. The molecule has 3 saturated heterocycles. The lowest BCUT2D eigenvalue weighted by molar-refractivity contribution is -0.516. The number of hydrogen-bond acceptors (Lipinski definition) is 5. The van der Waals surface area contributed by atoms with Crippen LogP contribution in [-0.2, 0) is 29.6 Å². The van der Waals surface area contributed by atoms with Crippen LogP contribution in [0.5, 0.6) is 0 Å². The third-order valence-corrected chi connectivity index (χ3v) is 4.51. The van der Waals surface area contributed by atoms with Gasteiger partial charge >= 0.3 is 0 Å². The molecular formula is C15H18O5. The van der Waals surface area contributed by atoms with Crippen molar-refractivity contribution in [2.24, 2.45) is 0 Å². The summed E-state index contributed by atoms with van der Waals surface area (Å²) in [5.41, 5.74) is 1.32. The van der Waals surface area contributed by atoms with Crippen molar-refractivity contribution in [2.75, 3.05) is 13.7 Å². The molecule has 3 fully saturated rings. The molecule has 1 unspecified atom stereocenters. The van der Waals surface area contributed by atoms with Crippen LogP contribution in [0.1, 0.15) is 37.2 Å². The van der Waals surface area contributed by atoms with E-state index in [1.165, 1.54) is 0 Å². The predicted octanol–water partition coefficient (Wildman–Crippen LogP) is 2.41. The van der Waals surface area contributed by atoms with Gasteiger partial charge in [-0.05, 0) is 13.3 Å². The Bertz CT molecular complexity index is 521. The molecule has 4 aliphatic rings. The molecular weight excluding hydrogens is 260 g/mol. The first kappa shape index (κ1) is 12.7. The maximum atomic E-state index is 6.10. The molecule has 2 bridgehead atoms. The van der Waals surface area contributed by atoms with Crippen LogP contribution >= 0.6 is 0 Å². The molecule has 4 aliphatic heterocycles. The van der Waals surface area contributed by atoms with Crippen LogP contribution in [-0.4, -0.2) is 25.6 Å². The summed E-state index contributed by atoms with van der Waals surface area (Å²) < 4.78 is 17.5. The van der Waals surface area contributed by atoms with E-state index in [1.54, 1.807) is 7.11 Å². The second-order valence-electron chi connectivity index (χ2n) is 5.80. The molecule has 0 N–H and O–H groups in total. The summed E-state index contributed by atoms with van der Waals surface area (Å²) in [5.74, 6) is -0.677. The summed E-state index contributed by atoms with van der Waals surface area (Å²) >= 11 is 0. The molecule has 4 atom stereocenters. The topological polar surface area (TPSA) is 46.2 Å². The number of fused-ring (bicyclic) bond motifs is 4. The minimum absolute atomic E-state index is 0.133. The van der Waals surface area contributed by atoms with Crippen molar-refractivity contribution in [3.63, 3.8) is 0 Å². The summed E-state index contributed by atoms with van der Waals surface area (Å²) in [6, 6.07) is 8.00. The fraction of sp³-hybridized carbons (Fsp3) is 0.600. The average molecular weight is 278 g/mol. The van der Waals surface area contributed by atoms with Gasteiger partial charge in [0, 0.05) is 24.7 Å². The smallest absolute Gasteiger partial charge is 0.198 e. The number of rotatable bonds is 1. The maximum Gasteiger partial charge on any atom is 0.198 e. The highest BCUT2D eigenvalue weighted by Gasteiger charge is 2.58. The van der Waals surface area contributed by atoms with Gasteiger partial charge < -0.3 is 14.2 Å². The van der Waals surface area contributed by atoms with Crippen LogP contribution < -0.4 is 0 Å². The van der Waals surface area contributed by atoms with Gasteiger partial charge in [0.05, 0.1) is 12.7 Å². The molecule has 1 aromatic rings. The first-order valence-corrected chi connectivity index (χ1v) is 6.95. The van der Waals surface area contributed by atoms with E-state index in [4.69, 9.17) is 24.0 Å². The van der Waals surface area contributed by atoms with Crippen molar-refractivity contribution in [2.45, 2.75) is 43.5 Å². The molecule has 0 aromatic heterocycles. The van der Waals surface area contributed by atoms with E-state index in [1.807, 2.05) is 31.2 Å². The first-order chi connectivity index (χ1) is 9.67. The van der Waals surface area contributed by atoms with Crippen molar-refractivity contribution in [3.05, 3.63) is 35.4 Å². The molecule has 5 nitrogen and oxygen atoms in total. The molecule has 1 aromatic carbocycles. The van der Waals surface area contributed by atoms with Crippen molar-refractivity contribution in [3.8, 4) is 0 Å². The molecule has 5 rings (SSSR count). The highest BCUT2D eigenvalue weighted by atomic mass is 17.3. The zero-order chi connectivity index (χ0) is 13.8. The van der Waals surface area contributed by atoms with Crippen LogP contribution in [0.15, 0.2) is 24.3 Å². The first-order valence-electron chi connectivity index (χ1n) is 6.95. The summed E-state index contributed by atoms with van der Waals surface area (Å²) in [6.07, 6.45) is 1.05. The Morgan fingerprint density at radius 3 is 2.85 bits per heavy atom. The number of ether oxygens (including phenoxy) is 3. The Balaban J connectivity index is 1.85. The zero-order valence-corrected chi connectivity index (χ0v) is 11.6. The Labute approximate surface area is 117 Å². The van der Waals surface area contributed by atoms with Crippen LogP contribution in [0.3, 0.4) is 0 Å². The lowest BCUT2D eigenvalue weighted by atomic mass is 9.81. The highest BCUT2D eigenvalue weighted by molar-refractivity contribution is 5.37. The minimum atomic E-state index is -0.693. The van der Waals surface area contributed by atoms with Crippen LogP contribution in [0.4, 0.5) is 0 Å². The summed E-state index contributed by atoms with van der Waals surface area (Å²) in [7, 11) is 1.66. The Morgan fingerprint density at radius 2 is 2.10 bits per heavy atom. The van der Waals surface area contributed by atoms with Crippen LogP contribution in [0.25, 0.3) is 0 Å². The van der Waals surface area contributed by atoms with E-state index in [9.17, 15) is 0 Å². The van der Waals surface area contributed by atoms with E-state index < -0.39 is 11.4 Å². The predicted molar refractivity (Wildman–Crippen MR) is 68.5 cm³/mol. The second kappa shape index (κ2) is 4.26. The fourth-order valence-corrected chi connectivity index (χ4v) is 3.32. The zero-order valence-electron chi connectivity index (χ0n) is 11.6. The Morgan fingerprint density at radius 1 is 1.25 bits per heavy atom. The van der Waals surface area contributed by atoms with E-state index in [0.29, 0.717) is 6.61 Å². The van der Waals surface area contributed by atoms with E-state index in [0.717, 1.165) is 24.0 Å². The van der Waals surface area contributed by atoms with Crippen molar-refractivity contribution in [1.29, 1.82) is 0 Å². The summed E-state index contributed by atoms with van der Waals surface area (Å²) in [5, 5.41) is 0. The third kappa shape index (κ3) is 1.61. The fourth-order valence-electron chi connectivity index (χ4n) is 3.32. The maximum absolute atomic E-state index is 6.10. The molecule has 0 aliphatic carbocycles. The van der Waals surface area contributed by atoms with Crippen molar-refractivity contribution < 1.29 is 24.0 Å². The van der Waals surface area contributed by atoms with Crippen LogP contribution in [0.2, 0.25) is 0 Å². The van der Waals surface area contributed by atoms with E-state index >= 15 is 0 Å². The largest absolute Gasteiger partial charge is 0.352 e. The molecule has 0 saturated carbocycles. The van der Waals surface area contributed by atoms with Gasteiger partial charge in [-0.25, -0.2) is 9.78 Å². The quantitative estimate of drug-likeness (QED) is 0.738. The number of hydrogen-bond donors (Lipinski definition) is 0. The normalized spacial score (nSPS) is 42.7. The van der Waals surface area contributed by atoms with Gasteiger partial charge in [0.25, 0.3) is 0 Å². The van der Waals surface area contributed by atoms with E-state index in [2.05, 4.69) is 0 Å². The standard InChI is InChI=1S/C15H18O5/c1-14-8-7-12-15(9-17-14,20-19-14)11-6-4-3-5-10(11)13(16-2)18-12/h3-6,12-13H,7-9H2,1-2H3/t12-,13?,14-,15+/m0/s1. The Kier molecular flexibility index (Phi) is 2.71. The van der Waals surface area contributed by atoms with E-state index in [-0.39, 0.29) is 12.4 Å². The van der Waals surface area contributed by atoms with Crippen molar-refractivity contribution >= 4 is 0 Å². The highest BCUT2D eigenvalue weighted by Crippen LogP contribution is 2.51. The summed E-state index contributed by atoms with van der Waals surface area (Å²) in [6.45, 7) is 2.33. The van der Waals surface area contributed by atoms with Gasteiger partial charge in [-0.1, -0.05) is 24.3 Å². The lowest BCUT2D eigenvalue weighted by Crippen LogP contribution is -2.54. The van der Waals surface area contributed by atoms with Gasteiger partial charge in [-0.15, -0.1) is 0 Å². The second-order valence-corrected chi connectivity index (χ2v) is 5.80. The number of methoxy groups -OCH3 is 1. The third-order valence-electron chi connectivity index (χ3n) is 4.51. The SMILES string of the molecule is COC1O[C@H]2CC[C@@]3(C)OC[C@@]2(OO3)c2ccccc21. The molecule has 5 heteroatoms. The number of benzene rings is 1. The average Bonchev–Trinajstić information content (AvgIpc) is 2.73. The van der Waals surface area contributed by atoms with Gasteiger partial charge in [-0.3, -0.25) is 0 Å². The summed E-state index contributed by atoms with van der Waals surface area (Å²) in [4.78, 5) is 11.3. The van der Waals surface area contributed by atoms with Crippen molar-refractivity contribution in [1.82, 2.24) is 0 Å². The lowest BCUT2D eigenvalue weighted by Gasteiger charge is -2.46. The molecule has 1 spiro atoms. The molecule has 4 heterocycles. The monoisotopic (exact) mass is 278 g/mol. The molecule has 108 valence electrons.